The lowest BCUT2D eigenvalue weighted by atomic mass is 9.65. The van der Waals surface area contributed by atoms with Crippen molar-refractivity contribution in [3.8, 4) is 0 Å². The van der Waals surface area contributed by atoms with Crippen LogP contribution in [-0.2, 0) is 4.74 Å². The van der Waals surface area contributed by atoms with Crippen LogP contribution in [0.4, 0.5) is 17.7 Å². The molecule has 0 spiro atoms. The van der Waals surface area contributed by atoms with Gasteiger partial charge in [0, 0.05) is 25.5 Å². The number of carbonyl (C=O) groups excluding carboxylic acids is 1. The molecule has 8 heteroatoms. The zero-order chi connectivity index (χ0) is 16.5. The van der Waals surface area contributed by atoms with Gasteiger partial charge < -0.3 is 22.6 Å². The third-order valence-corrected chi connectivity index (χ3v) is 3.61. The van der Waals surface area contributed by atoms with E-state index in [4.69, 9.17) is 4.74 Å². The highest BCUT2D eigenvalue weighted by molar-refractivity contribution is 6.60. The van der Waals surface area contributed by atoms with E-state index in [0.717, 1.165) is 4.90 Å². The fraction of sp³-hybridized carbons (Fsp3) is 0.571. The van der Waals surface area contributed by atoms with E-state index in [1.54, 1.807) is 32.9 Å². The highest BCUT2D eigenvalue weighted by Gasteiger charge is 2.47. The zero-order valence-corrected chi connectivity index (χ0v) is 12.8. The van der Waals surface area contributed by atoms with Gasteiger partial charge in [0.25, 0.3) is 0 Å². The third-order valence-electron chi connectivity index (χ3n) is 3.61. The van der Waals surface area contributed by atoms with Gasteiger partial charge in [0.1, 0.15) is 5.60 Å². The van der Waals surface area contributed by atoms with Crippen molar-refractivity contribution < 1.29 is 22.5 Å². The Hall–Kier alpha value is -1.73. The number of halogens is 3. The topological polar surface area (TPSA) is 42.4 Å². The molecule has 2 heterocycles. The molecule has 2 unspecified atom stereocenters. The number of hydrogen-bond donors (Lipinski definition) is 0. The Labute approximate surface area is 127 Å². The molecule has 2 atom stereocenters. The van der Waals surface area contributed by atoms with Crippen LogP contribution in [0.3, 0.4) is 0 Å². The molecule has 1 saturated heterocycles. The van der Waals surface area contributed by atoms with Crippen LogP contribution in [0.1, 0.15) is 32.3 Å². The molecule has 1 amide bonds. The predicted octanol–water partition coefficient (Wildman–Crippen LogP) is 3.63. The Morgan fingerprint density at radius 1 is 1.36 bits per heavy atom. The van der Waals surface area contributed by atoms with Gasteiger partial charge in [-0.15, -0.1) is 0 Å². The van der Waals surface area contributed by atoms with Crippen LogP contribution in [0.2, 0.25) is 5.82 Å². The monoisotopic (exact) mass is 315 g/mol. The number of rotatable bonds is 2. The highest BCUT2D eigenvalue weighted by Crippen LogP contribution is 2.45. The summed E-state index contributed by atoms with van der Waals surface area (Å²) < 4.78 is 45.2. The summed E-state index contributed by atoms with van der Waals surface area (Å²) in [6.07, 6.45) is 2.24. The molecule has 2 rings (SSSR count). The van der Waals surface area contributed by atoms with E-state index in [0.29, 0.717) is 5.56 Å². The van der Waals surface area contributed by atoms with E-state index in [9.17, 15) is 17.7 Å². The van der Waals surface area contributed by atoms with Gasteiger partial charge in [0.15, 0.2) is 0 Å². The molecule has 1 aromatic heterocycles. The number of amides is 1. The van der Waals surface area contributed by atoms with Crippen LogP contribution in [0, 0.1) is 0 Å². The van der Waals surface area contributed by atoms with Crippen molar-refractivity contribution >= 4 is 13.1 Å². The molecule has 4 nitrogen and oxygen atoms in total. The molecule has 1 fully saturated rings. The van der Waals surface area contributed by atoms with Crippen molar-refractivity contribution in [1.29, 1.82) is 0 Å². The lowest BCUT2D eigenvalue weighted by Crippen LogP contribution is -2.36. The van der Waals surface area contributed by atoms with Gasteiger partial charge in [-0.2, -0.15) is 0 Å². The van der Waals surface area contributed by atoms with Gasteiger partial charge in [-0.1, -0.05) is 6.07 Å². The standard InChI is InChI=1S/C14H19BF3N2O2/c1-14(2,3)22-13(21)20-8-11(10-5-4-6-19-7-10)12(9-20)15(16,17)18/h4-7,11-12H,8-9H2,1-3H3/q-1. The highest BCUT2D eigenvalue weighted by atomic mass is 19.4. The van der Waals surface area contributed by atoms with E-state index in [1.807, 2.05) is 0 Å². The molecule has 0 N–H and O–H groups in total. The second-order valence-corrected chi connectivity index (χ2v) is 6.57. The van der Waals surface area contributed by atoms with Crippen molar-refractivity contribution in [3.63, 3.8) is 0 Å². The van der Waals surface area contributed by atoms with Crippen molar-refractivity contribution in [2.75, 3.05) is 13.1 Å². The molecule has 0 aromatic carbocycles. The van der Waals surface area contributed by atoms with E-state index in [-0.39, 0.29) is 13.1 Å². The number of nitrogens with zero attached hydrogens (tertiary/aromatic N) is 2. The number of likely N-dealkylation sites (tertiary alicyclic amines) is 1. The summed E-state index contributed by atoms with van der Waals surface area (Å²) in [5, 5.41) is 0. The minimum atomic E-state index is -5.06. The number of carbonyl (C=O) groups is 1. The molecule has 1 aliphatic heterocycles. The molecular weight excluding hydrogens is 296 g/mol. The van der Waals surface area contributed by atoms with E-state index in [1.165, 1.54) is 12.4 Å². The number of pyridine rings is 1. The smallest absolute Gasteiger partial charge is 0.449 e. The van der Waals surface area contributed by atoms with Crippen molar-refractivity contribution in [2.24, 2.45) is 0 Å². The average molecular weight is 315 g/mol. The summed E-state index contributed by atoms with van der Waals surface area (Å²) in [7, 11) is 0. The number of ether oxygens (including phenoxy) is 1. The maximum Gasteiger partial charge on any atom is 0.483 e. The fourth-order valence-electron chi connectivity index (χ4n) is 2.64. The summed E-state index contributed by atoms with van der Waals surface area (Å²) >= 11 is 0. The van der Waals surface area contributed by atoms with Gasteiger partial charge in [0.05, 0.1) is 0 Å². The maximum atomic E-state index is 13.3. The molecular formula is C14H19BF3N2O2-. The summed E-state index contributed by atoms with van der Waals surface area (Å²) in [5.41, 5.74) is -0.236. The first-order valence-corrected chi connectivity index (χ1v) is 7.16. The molecule has 1 aliphatic rings. The molecule has 1 aromatic rings. The molecule has 0 saturated carbocycles. The molecule has 0 radical (unpaired) electrons. The van der Waals surface area contributed by atoms with Crippen molar-refractivity contribution in [2.45, 2.75) is 38.1 Å². The zero-order valence-electron chi connectivity index (χ0n) is 12.8. The summed E-state index contributed by atoms with van der Waals surface area (Å²) in [6.45, 7) is -0.375. The molecule has 0 bridgehead atoms. The number of aromatic nitrogens is 1. The van der Waals surface area contributed by atoms with Crippen LogP contribution >= 0.6 is 0 Å². The van der Waals surface area contributed by atoms with E-state index >= 15 is 0 Å². The first-order valence-electron chi connectivity index (χ1n) is 7.16. The first kappa shape index (κ1) is 16.6. The fourth-order valence-corrected chi connectivity index (χ4v) is 2.64. The predicted molar refractivity (Wildman–Crippen MR) is 77.6 cm³/mol. The Kier molecular flexibility index (Phi) is 4.40. The summed E-state index contributed by atoms with van der Waals surface area (Å²) in [5.74, 6) is -2.34. The summed E-state index contributed by atoms with van der Waals surface area (Å²) in [4.78, 5) is 17.1. The van der Waals surface area contributed by atoms with Crippen LogP contribution < -0.4 is 0 Å². The lowest BCUT2D eigenvalue weighted by molar-refractivity contribution is 0.0292. The second-order valence-electron chi connectivity index (χ2n) is 6.57. The molecule has 122 valence electrons. The normalized spacial score (nSPS) is 22.7. The molecule has 22 heavy (non-hydrogen) atoms. The maximum absolute atomic E-state index is 13.3. The number of hydrogen-bond acceptors (Lipinski definition) is 3. The first-order chi connectivity index (χ1) is 10.1. The van der Waals surface area contributed by atoms with Crippen LogP contribution in [0.15, 0.2) is 24.5 Å². The van der Waals surface area contributed by atoms with Crippen molar-refractivity contribution in [1.82, 2.24) is 9.88 Å². The van der Waals surface area contributed by atoms with Crippen LogP contribution in [0.25, 0.3) is 0 Å². The Morgan fingerprint density at radius 3 is 2.55 bits per heavy atom. The van der Waals surface area contributed by atoms with Crippen LogP contribution in [0.5, 0.6) is 0 Å². The van der Waals surface area contributed by atoms with Gasteiger partial charge in [0.2, 0.25) is 0 Å². The largest absolute Gasteiger partial charge is 0.483 e. The van der Waals surface area contributed by atoms with Gasteiger partial charge >= 0.3 is 13.1 Å². The van der Waals surface area contributed by atoms with E-state index < -0.39 is 30.4 Å². The minimum Gasteiger partial charge on any atom is -0.449 e. The minimum absolute atomic E-state index is 0.00741. The van der Waals surface area contributed by atoms with E-state index in [2.05, 4.69) is 4.98 Å². The Bertz CT molecular complexity index is 531. The Balaban J connectivity index is 2.21. The SMILES string of the molecule is CC(C)(C)OC(=O)N1CC(c2cccnc2)C([B-](F)(F)F)C1. The average Bonchev–Trinajstić information content (AvgIpc) is 2.82. The Morgan fingerprint density at radius 2 is 2.05 bits per heavy atom. The third kappa shape index (κ3) is 3.93. The second kappa shape index (κ2) is 5.81. The van der Waals surface area contributed by atoms with Gasteiger partial charge in [-0.05, 0) is 44.1 Å². The lowest BCUT2D eigenvalue weighted by Gasteiger charge is -2.27. The molecule has 0 aliphatic carbocycles. The van der Waals surface area contributed by atoms with Gasteiger partial charge in [-0.25, -0.2) is 4.79 Å². The quantitative estimate of drug-likeness (QED) is 0.783. The van der Waals surface area contributed by atoms with Crippen LogP contribution in [-0.4, -0.2) is 41.6 Å². The summed E-state index contributed by atoms with van der Waals surface area (Å²) in [6, 6.07) is 3.22. The van der Waals surface area contributed by atoms with Crippen molar-refractivity contribution in [3.05, 3.63) is 30.1 Å². The van der Waals surface area contributed by atoms with Gasteiger partial charge in [-0.3, -0.25) is 4.98 Å².